The van der Waals surface area contributed by atoms with Crippen LogP contribution in [0.5, 0.6) is 0 Å². The summed E-state index contributed by atoms with van der Waals surface area (Å²) in [6.07, 6.45) is 2.78. The van der Waals surface area contributed by atoms with Crippen molar-refractivity contribution >= 4 is 29.8 Å². The molecule has 0 saturated carbocycles. The van der Waals surface area contributed by atoms with Gasteiger partial charge in [0.25, 0.3) is 0 Å². The number of anilines is 1. The second-order valence-corrected chi connectivity index (χ2v) is 3.38. The molecule has 0 radical (unpaired) electrons. The largest absolute Gasteiger partial charge is 0.366 e. The summed E-state index contributed by atoms with van der Waals surface area (Å²) in [4.78, 5) is 7.87. The van der Waals surface area contributed by atoms with Crippen molar-refractivity contribution < 1.29 is 0 Å². The van der Waals surface area contributed by atoms with E-state index >= 15 is 0 Å². The molecule has 4 nitrogen and oxygen atoms in total. The summed E-state index contributed by atoms with van der Waals surface area (Å²) < 4.78 is 0. The fourth-order valence-corrected chi connectivity index (χ4v) is 1.55. The van der Waals surface area contributed by atoms with Crippen molar-refractivity contribution in [2.45, 2.75) is 12.5 Å². The van der Waals surface area contributed by atoms with Gasteiger partial charge in [-0.1, -0.05) is 0 Å². The highest BCUT2D eigenvalue weighted by Gasteiger charge is 2.14. The standard InChI is InChI=1S/C8H11ClN4.ClH/c9-8-11-4-2-7(13-8)12-6-1-3-10-5-6;/h2,4,6,10H,1,3,5H2,(H,11,12,13);1H/t6-;/m1./s1. The van der Waals surface area contributed by atoms with Crippen molar-refractivity contribution in [1.82, 2.24) is 15.3 Å². The summed E-state index contributed by atoms with van der Waals surface area (Å²) >= 11 is 5.65. The van der Waals surface area contributed by atoms with Crippen LogP contribution in [0.15, 0.2) is 12.3 Å². The van der Waals surface area contributed by atoms with Crippen molar-refractivity contribution in [3.05, 3.63) is 17.5 Å². The first-order valence-electron chi connectivity index (χ1n) is 4.30. The Morgan fingerprint density at radius 1 is 1.57 bits per heavy atom. The minimum atomic E-state index is 0. The van der Waals surface area contributed by atoms with Crippen molar-refractivity contribution in [2.75, 3.05) is 18.4 Å². The van der Waals surface area contributed by atoms with E-state index in [1.54, 1.807) is 6.20 Å². The third-order valence-corrected chi connectivity index (χ3v) is 2.22. The van der Waals surface area contributed by atoms with E-state index < -0.39 is 0 Å². The van der Waals surface area contributed by atoms with Gasteiger partial charge in [0, 0.05) is 18.8 Å². The highest BCUT2D eigenvalue weighted by Crippen LogP contribution is 2.09. The smallest absolute Gasteiger partial charge is 0.224 e. The van der Waals surface area contributed by atoms with Crippen molar-refractivity contribution in [2.24, 2.45) is 0 Å². The van der Waals surface area contributed by atoms with Gasteiger partial charge in [0.05, 0.1) is 0 Å². The molecule has 0 bridgehead atoms. The van der Waals surface area contributed by atoms with E-state index in [1.807, 2.05) is 6.07 Å². The van der Waals surface area contributed by atoms with Gasteiger partial charge in [0.2, 0.25) is 5.28 Å². The lowest BCUT2D eigenvalue weighted by atomic mass is 10.2. The Hall–Kier alpha value is -0.580. The first kappa shape index (κ1) is 11.5. The van der Waals surface area contributed by atoms with Crippen molar-refractivity contribution in [3.63, 3.8) is 0 Å². The molecule has 1 saturated heterocycles. The van der Waals surface area contributed by atoms with Gasteiger partial charge in [-0.05, 0) is 30.6 Å². The van der Waals surface area contributed by atoms with Crippen LogP contribution in [0.2, 0.25) is 5.28 Å². The van der Waals surface area contributed by atoms with E-state index in [2.05, 4.69) is 20.6 Å². The summed E-state index contributed by atoms with van der Waals surface area (Å²) in [5.41, 5.74) is 0. The molecule has 0 spiro atoms. The van der Waals surface area contributed by atoms with Crippen LogP contribution in [0.4, 0.5) is 5.82 Å². The third-order valence-electron chi connectivity index (χ3n) is 2.04. The Morgan fingerprint density at radius 2 is 2.43 bits per heavy atom. The zero-order valence-corrected chi connectivity index (χ0v) is 9.11. The third kappa shape index (κ3) is 2.97. The number of rotatable bonds is 2. The Kier molecular flexibility index (Phi) is 4.38. The molecule has 1 aliphatic heterocycles. The van der Waals surface area contributed by atoms with Gasteiger partial charge in [-0.2, -0.15) is 0 Å². The Balaban J connectivity index is 0.000000980. The van der Waals surface area contributed by atoms with E-state index in [9.17, 15) is 0 Å². The average Bonchev–Trinajstić information content (AvgIpc) is 2.57. The molecule has 1 aromatic heterocycles. The summed E-state index contributed by atoms with van der Waals surface area (Å²) in [6, 6.07) is 2.29. The number of hydrogen-bond acceptors (Lipinski definition) is 4. The van der Waals surface area contributed by atoms with Gasteiger partial charge < -0.3 is 10.6 Å². The van der Waals surface area contributed by atoms with Crippen LogP contribution in [0.1, 0.15) is 6.42 Å². The number of hydrogen-bond donors (Lipinski definition) is 2. The van der Waals surface area contributed by atoms with Crippen LogP contribution < -0.4 is 10.6 Å². The zero-order valence-electron chi connectivity index (χ0n) is 7.53. The first-order chi connectivity index (χ1) is 6.34. The maximum absolute atomic E-state index is 5.65. The predicted molar refractivity (Wildman–Crippen MR) is 59.2 cm³/mol. The van der Waals surface area contributed by atoms with Gasteiger partial charge in [-0.15, -0.1) is 12.4 Å². The lowest BCUT2D eigenvalue weighted by Gasteiger charge is -2.11. The first-order valence-corrected chi connectivity index (χ1v) is 4.68. The molecule has 78 valence electrons. The molecule has 0 unspecified atom stereocenters. The van der Waals surface area contributed by atoms with Crippen LogP contribution in [-0.2, 0) is 0 Å². The number of aromatic nitrogens is 2. The maximum atomic E-state index is 5.65. The van der Waals surface area contributed by atoms with E-state index in [-0.39, 0.29) is 17.7 Å². The summed E-state index contributed by atoms with van der Waals surface area (Å²) in [7, 11) is 0. The molecule has 0 amide bonds. The number of halogens is 2. The van der Waals surface area contributed by atoms with Crippen molar-refractivity contribution in [3.8, 4) is 0 Å². The van der Waals surface area contributed by atoms with Gasteiger partial charge in [-0.25, -0.2) is 9.97 Å². The molecule has 1 atom stereocenters. The minimum Gasteiger partial charge on any atom is -0.366 e. The van der Waals surface area contributed by atoms with E-state index in [1.165, 1.54) is 0 Å². The van der Waals surface area contributed by atoms with Crippen LogP contribution in [0.3, 0.4) is 0 Å². The second kappa shape index (κ2) is 5.34. The quantitative estimate of drug-likeness (QED) is 0.759. The summed E-state index contributed by atoms with van der Waals surface area (Å²) in [5.74, 6) is 0.800. The normalized spacial score (nSPS) is 20.2. The van der Waals surface area contributed by atoms with Crippen LogP contribution in [-0.4, -0.2) is 29.1 Å². The van der Waals surface area contributed by atoms with E-state index in [4.69, 9.17) is 11.6 Å². The summed E-state index contributed by atoms with van der Waals surface area (Å²) in [6.45, 7) is 2.05. The fourth-order valence-electron chi connectivity index (χ4n) is 1.40. The van der Waals surface area contributed by atoms with Gasteiger partial charge in [0.15, 0.2) is 0 Å². The molecule has 6 heteroatoms. The Bertz CT molecular complexity index is 288. The van der Waals surface area contributed by atoms with Crippen LogP contribution >= 0.6 is 24.0 Å². The maximum Gasteiger partial charge on any atom is 0.224 e. The SMILES string of the molecule is Cl.Clc1nccc(N[C@@H]2CCNC2)n1. The van der Waals surface area contributed by atoms with E-state index in [0.29, 0.717) is 6.04 Å². The fraction of sp³-hybridized carbons (Fsp3) is 0.500. The molecular weight excluding hydrogens is 223 g/mol. The van der Waals surface area contributed by atoms with Gasteiger partial charge in [-0.3, -0.25) is 0 Å². The average molecular weight is 235 g/mol. The molecule has 1 aliphatic rings. The Labute approximate surface area is 93.9 Å². The lowest BCUT2D eigenvalue weighted by Crippen LogP contribution is -2.22. The molecule has 0 aromatic carbocycles. The molecule has 2 N–H and O–H groups in total. The highest BCUT2D eigenvalue weighted by molar-refractivity contribution is 6.28. The van der Waals surface area contributed by atoms with Crippen molar-refractivity contribution in [1.29, 1.82) is 0 Å². The topological polar surface area (TPSA) is 49.8 Å². The van der Waals surface area contributed by atoms with Crippen LogP contribution in [0, 0.1) is 0 Å². The molecule has 1 aromatic rings. The minimum absolute atomic E-state index is 0. The highest BCUT2D eigenvalue weighted by atomic mass is 35.5. The predicted octanol–water partition coefficient (Wildman–Crippen LogP) is 1.33. The van der Waals surface area contributed by atoms with Gasteiger partial charge >= 0.3 is 0 Å². The Morgan fingerprint density at radius 3 is 3.07 bits per heavy atom. The van der Waals surface area contributed by atoms with Gasteiger partial charge in [0.1, 0.15) is 5.82 Å². The molecule has 2 rings (SSSR count). The monoisotopic (exact) mass is 234 g/mol. The summed E-state index contributed by atoms with van der Waals surface area (Å²) in [5, 5.41) is 6.84. The molecule has 14 heavy (non-hydrogen) atoms. The second-order valence-electron chi connectivity index (χ2n) is 3.04. The van der Waals surface area contributed by atoms with E-state index in [0.717, 1.165) is 25.3 Å². The molecular formula is C8H12Cl2N4. The lowest BCUT2D eigenvalue weighted by molar-refractivity contribution is 0.787. The number of nitrogens with one attached hydrogen (secondary N) is 2. The zero-order chi connectivity index (χ0) is 9.10. The molecule has 2 heterocycles. The van der Waals surface area contributed by atoms with Crippen LogP contribution in [0.25, 0.3) is 0 Å². The molecule has 0 aliphatic carbocycles. The molecule has 1 fully saturated rings. The number of nitrogens with zero attached hydrogens (tertiary/aromatic N) is 2.